The first-order valence-corrected chi connectivity index (χ1v) is 6.96. The number of thiocarbonyl (C=S) groups is 1. The summed E-state index contributed by atoms with van der Waals surface area (Å²) in [5.74, 6) is 1.16. The molecule has 1 amide bonds. The van der Waals surface area contributed by atoms with Gasteiger partial charge in [0, 0.05) is 13.1 Å². The maximum atomic E-state index is 12.3. The fourth-order valence-electron chi connectivity index (χ4n) is 2.36. The molecule has 0 aliphatic carbocycles. The molecule has 1 rings (SSSR count). The molecule has 0 aromatic rings. The van der Waals surface area contributed by atoms with Crippen LogP contribution < -0.4 is 5.73 Å². The van der Waals surface area contributed by atoms with Crippen LogP contribution in [0.25, 0.3) is 0 Å². The summed E-state index contributed by atoms with van der Waals surface area (Å²) in [6.45, 7) is 8.22. The van der Waals surface area contributed by atoms with Crippen molar-refractivity contribution in [1.82, 2.24) is 4.90 Å². The average Bonchev–Trinajstić information content (AvgIpc) is 2.28. The SMILES string of the molecule is CCCC(C(=O)N1CCC(C)C(C)C1)C(N)=S. The van der Waals surface area contributed by atoms with Gasteiger partial charge in [0.1, 0.15) is 0 Å². The molecular weight excluding hydrogens is 232 g/mol. The summed E-state index contributed by atoms with van der Waals surface area (Å²) < 4.78 is 0. The summed E-state index contributed by atoms with van der Waals surface area (Å²) >= 11 is 5.01. The second kappa shape index (κ2) is 6.34. The molecule has 1 heterocycles. The summed E-state index contributed by atoms with van der Waals surface area (Å²) in [5.41, 5.74) is 5.68. The Morgan fingerprint density at radius 2 is 2.12 bits per heavy atom. The molecule has 0 radical (unpaired) electrons. The summed E-state index contributed by atoms with van der Waals surface area (Å²) in [6, 6.07) is 0. The zero-order valence-corrected chi connectivity index (χ0v) is 11.9. The van der Waals surface area contributed by atoms with Crippen molar-refractivity contribution in [2.45, 2.75) is 40.0 Å². The molecule has 4 heteroatoms. The van der Waals surface area contributed by atoms with Gasteiger partial charge < -0.3 is 10.6 Å². The van der Waals surface area contributed by atoms with Crippen LogP contribution in [0.15, 0.2) is 0 Å². The molecule has 1 aliphatic heterocycles. The second-order valence-corrected chi connectivity index (χ2v) is 5.74. The standard InChI is InChI=1S/C13H24N2OS/c1-4-5-11(12(14)17)13(16)15-7-6-9(2)10(3)8-15/h9-11H,4-8H2,1-3H3,(H2,14,17). The highest BCUT2D eigenvalue weighted by atomic mass is 32.1. The summed E-state index contributed by atoms with van der Waals surface area (Å²) in [6.07, 6.45) is 2.80. The van der Waals surface area contributed by atoms with Crippen LogP contribution in [0.3, 0.4) is 0 Å². The van der Waals surface area contributed by atoms with Crippen molar-refractivity contribution in [2.24, 2.45) is 23.5 Å². The predicted molar refractivity (Wildman–Crippen MR) is 74.7 cm³/mol. The Balaban J connectivity index is 2.65. The van der Waals surface area contributed by atoms with E-state index in [1.165, 1.54) is 0 Å². The Labute approximate surface area is 110 Å². The Hall–Kier alpha value is -0.640. The first-order chi connectivity index (χ1) is 7.97. The van der Waals surface area contributed by atoms with Gasteiger partial charge in [-0.05, 0) is 24.7 Å². The van der Waals surface area contributed by atoms with Crippen molar-refractivity contribution in [1.29, 1.82) is 0 Å². The lowest BCUT2D eigenvalue weighted by Crippen LogP contribution is -2.47. The number of carbonyl (C=O) groups excluding carboxylic acids is 1. The van der Waals surface area contributed by atoms with Gasteiger partial charge in [-0.25, -0.2) is 0 Å². The van der Waals surface area contributed by atoms with E-state index in [-0.39, 0.29) is 11.8 Å². The minimum atomic E-state index is -0.254. The van der Waals surface area contributed by atoms with Crippen molar-refractivity contribution < 1.29 is 4.79 Å². The zero-order chi connectivity index (χ0) is 13.0. The molecule has 2 N–H and O–H groups in total. The third kappa shape index (κ3) is 3.66. The molecule has 0 aromatic heterocycles. The van der Waals surface area contributed by atoms with Crippen LogP contribution in [0.4, 0.5) is 0 Å². The highest BCUT2D eigenvalue weighted by Gasteiger charge is 2.30. The van der Waals surface area contributed by atoms with E-state index in [2.05, 4.69) is 20.8 Å². The maximum Gasteiger partial charge on any atom is 0.232 e. The van der Waals surface area contributed by atoms with Crippen LogP contribution in [-0.2, 0) is 4.79 Å². The van der Waals surface area contributed by atoms with Crippen molar-refractivity contribution in [3.63, 3.8) is 0 Å². The monoisotopic (exact) mass is 256 g/mol. The number of nitrogens with zero attached hydrogens (tertiary/aromatic N) is 1. The maximum absolute atomic E-state index is 12.3. The summed E-state index contributed by atoms with van der Waals surface area (Å²) in [4.78, 5) is 14.6. The fourth-order valence-corrected chi connectivity index (χ4v) is 2.58. The Morgan fingerprint density at radius 1 is 1.47 bits per heavy atom. The first-order valence-electron chi connectivity index (χ1n) is 6.55. The highest BCUT2D eigenvalue weighted by Crippen LogP contribution is 2.24. The van der Waals surface area contributed by atoms with E-state index in [0.717, 1.165) is 32.4 Å². The number of hydrogen-bond acceptors (Lipinski definition) is 2. The largest absolute Gasteiger partial charge is 0.393 e. The van der Waals surface area contributed by atoms with E-state index in [4.69, 9.17) is 18.0 Å². The van der Waals surface area contributed by atoms with Crippen LogP contribution in [0.2, 0.25) is 0 Å². The molecule has 3 atom stereocenters. The Bertz CT molecular complexity index is 293. The molecule has 0 saturated carbocycles. The van der Waals surface area contributed by atoms with Gasteiger partial charge in [0.05, 0.1) is 10.9 Å². The fraction of sp³-hybridized carbons (Fsp3) is 0.846. The number of nitrogens with two attached hydrogens (primary N) is 1. The molecule has 98 valence electrons. The Morgan fingerprint density at radius 3 is 2.59 bits per heavy atom. The third-order valence-electron chi connectivity index (χ3n) is 3.86. The van der Waals surface area contributed by atoms with Crippen LogP contribution in [0.1, 0.15) is 40.0 Å². The highest BCUT2D eigenvalue weighted by molar-refractivity contribution is 7.80. The van der Waals surface area contributed by atoms with Crippen LogP contribution in [0, 0.1) is 17.8 Å². The van der Waals surface area contributed by atoms with Gasteiger partial charge in [0.15, 0.2) is 0 Å². The normalized spacial score (nSPS) is 26.6. The number of carbonyl (C=O) groups is 1. The van der Waals surface area contributed by atoms with Crippen molar-refractivity contribution in [3.8, 4) is 0 Å². The van der Waals surface area contributed by atoms with Crippen molar-refractivity contribution >= 4 is 23.1 Å². The van der Waals surface area contributed by atoms with Gasteiger partial charge in [0.25, 0.3) is 0 Å². The van der Waals surface area contributed by atoms with Crippen LogP contribution in [-0.4, -0.2) is 28.9 Å². The van der Waals surface area contributed by atoms with E-state index >= 15 is 0 Å². The third-order valence-corrected chi connectivity index (χ3v) is 4.15. The number of likely N-dealkylation sites (tertiary alicyclic amines) is 1. The van der Waals surface area contributed by atoms with E-state index in [1.807, 2.05) is 4.90 Å². The Kier molecular flexibility index (Phi) is 5.37. The van der Waals surface area contributed by atoms with Crippen LogP contribution in [0.5, 0.6) is 0 Å². The van der Waals surface area contributed by atoms with Crippen molar-refractivity contribution in [2.75, 3.05) is 13.1 Å². The van der Waals surface area contributed by atoms with E-state index < -0.39 is 0 Å². The van der Waals surface area contributed by atoms with Crippen LogP contribution >= 0.6 is 12.2 Å². The predicted octanol–water partition coefficient (Wildman–Crippen LogP) is 2.19. The topological polar surface area (TPSA) is 46.3 Å². The zero-order valence-electron chi connectivity index (χ0n) is 11.1. The summed E-state index contributed by atoms with van der Waals surface area (Å²) in [7, 11) is 0. The lowest BCUT2D eigenvalue weighted by atomic mass is 9.88. The van der Waals surface area contributed by atoms with Crippen molar-refractivity contribution in [3.05, 3.63) is 0 Å². The second-order valence-electron chi connectivity index (χ2n) is 5.27. The average molecular weight is 256 g/mol. The lowest BCUT2D eigenvalue weighted by Gasteiger charge is -2.37. The lowest BCUT2D eigenvalue weighted by molar-refractivity contribution is -0.135. The molecule has 3 nitrogen and oxygen atoms in total. The molecule has 0 bridgehead atoms. The molecule has 0 spiro atoms. The number of hydrogen-bond donors (Lipinski definition) is 1. The van der Waals surface area contributed by atoms with Gasteiger partial charge in [-0.2, -0.15) is 0 Å². The van der Waals surface area contributed by atoms with Gasteiger partial charge in [0.2, 0.25) is 5.91 Å². The number of rotatable bonds is 4. The first kappa shape index (κ1) is 14.4. The number of amides is 1. The van der Waals surface area contributed by atoms with E-state index in [9.17, 15) is 4.79 Å². The quantitative estimate of drug-likeness (QED) is 0.784. The number of piperidine rings is 1. The molecule has 3 unspecified atom stereocenters. The minimum Gasteiger partial charge on any atom is -0.393 e. The summed E-state index contributed by atoms with van der Waals surface area (Å²) in [5, 5.41) is 0. The van der Waals surface area contributed by atoms with Gasteiger partial charge >= 0.3 is 0 Å². The van der Waals surface area contributed by atoms with Gasteiger partial charge in [-0.1, -0.05) is 39.4 Å². The van der Waals surface area contributed by atoms with E-state index in [0.29, 0.717) is 16.8 Å². The smallest absolute Gasteiger partial charge is 0.232 e. The van der Waals surface area contributed by atoms with E-state index in [1.54, 1.807) is 0 Å². The van der Waals surface area contributed by atoms with Gasteiger partial charge in [-0.3, -0.25) is 4.79 Å². The molecule has 1 fully saturated rings. The molecule has 0 aromatic carbocycles. The minimum absolute atomic E-state index is 0.137. The van der Waals surface area contributed by atoms with Gasteiger partial charge in [-0.15, -0.1) is 0 Å². The molecule has 1 aliphatic rings. The molecular formula is C13H24N2OS. The molecule has 17 heavy (non-hydrogen) atoms. The molecule has 1 saturated heterocycles.